The first-order valence-corrected chi connectivity index (χ1v) is 7.49. The third kappa shape index (κ3) is 4.41. The zero-order valence-electron chi connectivity index (χ0n) is 11.6. The molecule has 1 heterocycles. The molecule has 2 heteroatoms. The monoisotopic (exact) mass is 246 g/mol. The lowest BCUT2D eigenvalue weighted by Crippen LogP contribution is -2.26. The van der Waals surface area contributed by atoms with Gasteiger partial charge in [-0.15, -0.1) is 0 Å². The number of aromatic nitrogens is 1. The van der Waals surface area contributed by atoms with E-state index in [1.165, 1.54) is 50.5 Å². The minimum absolute atomic E-state index is 0.421. The van der Waals surface area contributed by atoms with Gasteiger partial charge in [-0.05, 0) is 43.9 Å². The van der Waals surface area contributed by atoms with Gasteiger partial charge < -0.3 is 5.32 Å². The molecule has 1 aliphatic rings. The molecule has 1 atom stereocenters. The van der Waals surface area contributed by atoms with E-state index in [0.717, 1.165) is 12.5 Å². The average molecular weight is 246 g/mol. The third-order valence-corrected chi connectivity index (χ3v) is 4.12. The van der Waals surface area contributed by atoms with Crippen molar-refractivity contribution in [1.29, 1.82) is 0 Å². The molecule has 18 heavy (non-hydrogen) atoms. The van der Waals surface area contributed by atoms with E-state index in [-0.39, 0.29) is 0 Å². The molecule has 1 aromatic rings. The highest BCUT2D eigenvalue weighted by Crippen LogP contribution is 2.22. The Morgan fingerprint density at radius 3 is 2.61 bits per heavy atom. The maximum absolute atomic E-state index is 4.19. The van der Waals surface area contributed by atoms with Crippen LogP contribution < -0.4 is 5.32 Å². The predicted octanol–water partition coefficient (Wildman–Crippen LogP) is 4.09. The van der Waals surface area contributed by atoms with Crippen LogP contribution in [0.3, 0.4) is 0 Å². The first kappa shape index (κ1) is 13.5. The van der Waals surface area contributed by atoms with E-state index in [1.54, 1.807) is 0 Å². The quantitative estimate of drug-likeness (QED) is 0.865. The topological polar surface area (TPSA) is 24.9 Å². The Morgan fingerprint density at radius 2 is 1.94 bits per heavy atom. The van der Waals surface area contributed by atoms with Gasteiger partial charge in [0.15, 0.2) is 0 Å². The van der Waals surface area contributed by atoms with Crippen LogP contribution in [0.4, 0.5) is 0 Å². The average Bonchev–Trinajstić information content (AvgIpc) is 2.38. The predicted molar refractivity (Wildman–Crippen MR) is 76.5 cm³/mol. The van der Waals surface area contributed by atoms with Crippen molar-refractivity contribution in [1.82, 2.24) is 10.3 Å². The Morgan fingerprint density at radius 1 is 1.22 bits per heavy atom. The van der Waals surface area contributed by atoms with Crippen LogP contribution in [0.15, 0.2) is 24.5 Å². The fraction of sp³-hybridized carbons (Fsp3) is 0.688. The molecule has 0 bridgehead atoms. The van der Waals surface area contributed by atoms with Crippen LogP contribution in [0.5, 0.6) is 0 Å². The maximum Gasteiger partial charge on any atom is 0.0315 e. The Balaban J connectivity index is 1.76. The zero-order chi connectivity index (χ0) is 12.6. The minimum Gasteiger partial charge on any atom is -0.310 e. The van der Waals surface area contributed by atoms with Gasteiger partial charge in [-0.2, -0.15) is 0 Å². The van der Waals surface area contributed by atoms with Crippen LogP contribution in [-0.2, 0) is 0 Å². The first-order chi connectivity index (χ1) is 8.86. The Kier molecular flexibility index (Phi) is 5.66. The van der Waals surface area contributed by atoms with Crippen molar-refractivity contribution in [2.75, 3.05) is 6.54 Å². The van der Waals surface area contributed by atoms with Gasteiger partial charge in [0.25, 0.3) is 0 Å². The summed E-state index contributed by atoms with van der Waals surface area (Å²) in [6.45, 7) is 3.40. The van der Waals surface area contributed by atoms with E-state index in [0.29, 0.717) is 6.04 Å². The summed E-state index contributed by atoms with van der Waals surface area (Å²) < 4.78 is 0. The molecule has 1 N–H and O–H groups in total. The van der Waals surface area contributed by atoms with Crippen molar-refractivity contribution < 1.29 is 0 Å². The van der Waals surface area contributed by atoms with E-state index in [4.69, 9.17) is 0 Å². The van der Waals surface area contributed by atoms with E-state index >= 15 is 0 Å². The molecule has 0 amide bonds. The Labute approximate surface area is 111 Å². The van der Waals surface area contributed by atoms with Gasteiger partial charge in [0.05, 0.1) is 0 Å². The molecular formula is C16H26N2. The third-order valence-electron chi connectivity index (χ3n) is 4.12. The molecule has 1 aliphatic carbocycles. The summed E-state index contributed by atoms with van der Waals surface area (Å²) in [5.41, 5.74) is 1.29. The smallest absolute Gasteiger partial charge is 0.0315 e. The maximum atomic E-state index is 4.19. The number of rotatable bonds is 4. The second-order valence-corrected chi connectivity index (χ2v) is 5.63. The van der Waals surface area contributed by atoms with Gasteiger partial charge in [-0.25, -0.2) is 0 Å². The van der Waals surface area contributed by atoms with Crippen LogP contribution in [0, 0.1) is 5.92 Å². The van der Waals surface area contributed by atoms with Crippen molar-refractivity contribution in [3.63, 3.8) is 0 Å². The van der Waals surface area contributed by atoms with Crippen molar-refractivity contribution in [2.24, 2.45) is 5.92 Å². The highest BCUT2D eigenvalue weighted by molar-refractivity contribution is 5.12. The lowest BCUT2D eigenvalue weighted by atomic mass is 9.91. The van der Waals surface area contributed by atoms with Gasteiger partial charge in [-0.1, -0.05) is 38.2 Å². The molecule has 1 fully saturated rings. The van der Waals surface area contributed by atoms with Crippen LogP contribution in [-0.4, -0.2) is 11.5 Å². The molecule has 0 radical (unpaired) electrons. The Bertz CT molecular complexity index is 315. The van der Waals surface area contributed by atoms with E-state index in [1.807, 2.05) is 18.5 Å². The van der Waals surface area contributed by atoms with Gasteiger partial charge in [0.1, 0.15) is 0 Å². The molecule has 0 aliphatic heterocycles. The molecule has 1 aromatic heterocycles. The van der Waals surface area contributed by atoms with Gasteiger partial charge in [0.2, 0.25) is 0 Å². The summed E-state index contributed by atoms with van der Waals surface area (Å²) in [6, 6.07) is 4.59. The largest absolute Gasteiger partial charge is 0.310 e. The van der Waals surface area contributed by atoms with Crippen LogP contribution in [0.2, 0.25) is 0 Å². The second-order valence-electron chi connectivity index (χ2n) is 5.63. The zero-order valence-corrected chi connectivity index (χ0v) is 11.6. The molecule has 0 spiro atoms. The van der Waals surface area contributed by atoms with Crippen LogP contribution >= 0.6 is 0 Å². The second kappa shape index (κ2) is 7.52. The van der Waals surface area contributed by atoms with E-state index in [9.17, 15) is 0 Å². The van der Waals surface area contributed by atoms with E-state index < -0.39 is 0 Å². The van der Waals surface area contributed by atoms with E-state index in [2.05, 4.69) is 23.3 Å². The summed E-state index contributed by atoms with van der Waals surface area (Å²) in [7, 11) is 0. The lowest BCUT2D eigenvalue weighted by molar-refractivity contribution is 0.349. The Hall–Kier alpha value is -0.890. The van der Waals surface area contributed by atoms with Crippen molar-refractivity contribution in [3.05, 3.63) is 30.1 Å². The molecular weight excluding hydrogens is 220 g/mol. The number of hydrogen-bond donors (Lipinski definition) is 1. The molecule has 2 rings (SSSR count). The van der Waals surface area contributed by atoms with Crippen LogP contribution in [0.1, 0.15) is 63.5 Å². The summed E-state index contributed by atoms with van der Waals surface area (Å²) >= 11 is 0. The molecule has 0 aromatic carbocycles. The number of nitrogens with one attached hydrogen (secondary N) is 1. The first-order valence-electron chi connectivity index (χ1n) is 7.49. The minimum atomic E-state index is 0.421. The standard InChI is InChI=1S/C16H26N2/c1-14(16-10-7-11-17-13-16)18-12-15-8-5-3-2-4-6-9-15/h7,10-11,13-15,18H,2-6,8-9,12H2,1H3/t14-/m0/s1. The molecule has 0 saturated heterocycles. The summed E-state index contributed by atoms with van der Waals surface area (Å²) in [4.78, 5) is 4.19. The molecule has 0 unspecified atom stereocenters. The van der Waals surface area contributed by atoms with Crippen LogP contribution in [0.25, 0.3) is 0 Å². The fourth-order valence-electron chi connectivity index (χ4n) is 2.84. The molecule has 2 nitrogen and oxygen atoms in total. The van der Waals surface area contributed by atoms with Gasteiger partial charge in [0, 0.05) is 18.4 Å². The summed E-state index contributed by atoms with van der Waals surface area (Å²) in [6.07, 6.45) is 13.8. The van der Waals surface area contributed by atoms with Crippen molar-refractivity contribution in [2.45, 2.75) is 57.9 Å². The van der Waals surface area contributed by atoms with Gasteiger partial charge >= 0.3 is 0 Å². The SMILES string of the molecule is C[C@H](NCC1CCCCCCC1)c1cccnc1. The van der Waals surface area contributed by atoms with Crippen molar-refractivity contribution >= 4 is 0 Å². The number of pyridine rings is 1. The summed E-state index contributed by atoms with van der Waals surface area (Å²) in [5, 5.41) is 3.68. The highest BCUT2D eigenvalue weighted by Gasteiger charge is 2.13. The normalized spacial score (nSPS) is 20.1. The number of hydrogen-bond acceptors (Lipinski definition) is 2. The highest BCUT2D eigenvalue weighted by atomic mass is 14.9. The number of nitrogens with zero attached hydrogens (tertiary/aromatic N) is 1. The summed E-state index contributed by atoms with van der Waals surface area (Å²) in [5.74, 6) is 0.879. The van der Waals surface area contributed by atoms with Gasteiger partial charge in [-0.3, -0.25) is 4.98 Å². The fourth-order valence-corrected chi connectivity index (χ4v) is 2.84. The molecule has 100 valence electrons. The van der Waals surface area contributed by atoms with Crippen molar-refractivity contribution in [3.8, 4) is 0 Å². The molecule has 1 saturated carbocycles. The lowest BCUT2D eigenvalue weighted by Gasteiger charge is -2.22.